The molecule has 0 spiro atoms. The molecule has 2 N–H and O–H groups in total. The van der Waals surface area contributed by atoms with Crippen LogP contribution in [-0.2, 0) is 10.0 Å². The molecule has 6 heteroatoms. The maximum Gasteiger partial charge on any atom is 0.212 e. The molecule has 0 unspecified atom stereocenters. The lowest BCUT2D eigenvalue weighted by Gasteiger charge is -2.23. The minimum atomic E-state index is -3.21. The summed E-state index contributed by atoms with van der Waals surface area (Å²) in [4.78, 5) is 3.25. The largest absolute Gasteiger partial charge is 0.378 e. The number of likely N-dealkylation sites (N-methyl/N-ethyl adjacent to an activating group) is 1. The van der Waals surface area contributed by atoms with Gasteiger partial charge in [-0.05, 0) is 18.1 Å². The van der Waals surface area contributed by atoms with Crippen LogP contribution in [0.15, 0.2) is 24.3 Å². The minimum absolute atomic E-state index is 0.0955. The zero-order valence-electron chi connectivity index (χ0n) is 14.6. The van der Waals surface area contributed by atoms with Gasteiger partial charge in [-0.2, -0.15) is 0 Å². The molecule has 1 aromatic carbocycles. The van der Waals surface area contributed by atoms with Crippen LogP contribution in [0.5, 0.6) is 0 Å². The highest BCUT2D eigenvalue weighted by molar-refractivity contribution is 7.89. The van der Waals surface area contributed by atoms with Crippen LogP contribution in [0.2, 0.25) is 0 Å². The quantitative estimate of drug-likeness (QED) is 0.731. The third kappa shape index (κ3) is 5.94. The molecule has 1 aromatic rings. The van der Waals surface area contributed by atoms with Crippen LogP contribution < -0.4 is 14.5 Å². The molecule has 0 saturated carbocycles. The highest BCUT2D eigenvalue weighted by atomic mass is 32.2. The van der Waals surface area contributed by atoms with E-state index in [0.717, 1.165) is 11.3 Å². The number of rotatable bonds is 8. The van der Waals surface area contributed by atoms with Gasteiger partial charge in [-0.3, -0.25) is 0 Å². The molecule has 0 aliphatic rings. The number of nitrogens with zero attached hydrogens (tertiary/aromatic N) is 1. The molecule has 126 valence electrons. The van der Waals surface area contributed by atoms with Gasteiger partial charge in [0.2, 0.25) is 10.0 Å². The van der Waals surface area contributed by atoms with Crippen molar-refractivity contribution in [3.8, 4) is 0 Å². The summed E-state index contributed by atoms with van der Waals surface area (Å²) < 4.78 is 26.8. The van der Waals surface area contributed by atoms with Gasteiger partial charge >= 0.3 is 0 Å². The lowest BCUT2D eigenvalue weighted by Crippen LogP contribution is -3.07. The summed E-state index contributed by atoms with van der Waals surface area (Å²) in [5, 5.41) is 0. The lowest BCUT2D eigenvalue weighted by molar-refractivity contribution is -0.890. The predicted molar refractivity (Wildman–Crippen MR) is 92.9 cm³/mol. The molecule has 0 aliphatic heterocycles. The second kappa shape index (κ2) is 7.94. The highest BCUT2D eigenvalue weighted by Crippen LogP contribution is 2.16. The molecule has 0 aliphatic carbocycles. The third-order valence-electron chi connectivity index (χ3n) is 3.57. The summed E-state index contributed by atoms with van der Waals surface area (Å²) in [6.07, 6.45) is 0. The molecular weight excluding hydrogens is 298 g/mol. The van der Waals surface area contributed by atoms with E-state index < -0.39 is 10.0 Å². The van der Waals surface area contributed by atoms with Crippen molar-refractivity contribution in [3.05, 3.63) is 29.8 Å². The summed E-state index contributed by atoms with van der Waals surface area (Å²) in [5.41, 5.74) is 2.27. The first kappa shape index (κ1) is 18.9. The smallest absolute Gasteiger partial charge is 0.212 e. The van der Waals surface area contributed by atoms with Crippen LogP contribution in [0.4, 0.5) is 5.69 Å². The van der Waals surface area contributed by atoms with Crippen LogP contribution >= 0.6 is 0 Å². The van der Waals surface area contributed by atoms with Crippen LogP contribution in [0.1, 0.15) is 25.5 Å². The van der Waals surface area contributed by atoms with E-state index in [1.165, 1.54) is 4.90 Å². The molecule has 1 atom stereocenters. The molecule has 0 amide bonds. The Bertz CT molecular complexity index is 551. The number of anilines is 1. The van der Waals surface area contributed by atoms with Gasteiger partial charge in [0, 0.05) is 25.3 Å². The Hall–Kier alpha value is -1.11. The fourth-order valence-corrected chi connectivity index (χ4v) is 3.78. The molecule has 22 heavy (non-hydrogen) atoms. The van der Waals surface area contributed by atoms with Gasteiger partial charge in [0.05, 0.1) is 26.4 Å². The Morgan fingerprint density at radius 3 is 2.09 bits per heavy atom. The van der Waals surface area contributed by atoms with Gasteiger partial charge in [0.1, 0.15) is 6.04 Å². The molecule has 1 rings (SSSR count). The summed E-state index contributed by atoms with van der Waals surface area (Å²) in [6.45, 7) is 4.24. The highest BCUT2D eigenvalue weighted by Gasteiger charge is 2.21. The first-order valence-electron chi connectivity index (χ1n) is 7.67. The summed E-state index contributed by atoms with van der Waals surface area (Å²) in [6, 6.07) is 8.37. The monoisotopic (exact) mass is 328 g/mol. The maximum absolute atomic E-state index is 12.0. The molecule has 0 aromatic heterocycles. The topological polar surface area (TPSA) is 53.9 Å². The summed E-state index contributed by atoms with van der Waals surface area (Å²) in [5.74, 6) is 0.296. The van der Waals surface area contributed by atoms with Crippen LogP contribution in [0, 0.1) is 5.92 Å². The van der Waals surface area contributed by atoms with Crippen molar-refractivity contribution in [2.45, 2.75) is 19.9 Å². The zero-order valence-corrected chi connectivity index (χ0v) is 15.4. The number of sulfonamides is 1. The van der Waals surface area contributed by atoms with Gasteiger partial charge < -0.3 is 9.80 Å². The van der Waals surface area contributed by atoms with E-state index in [0.29, 0.717) is 6.54 Å². The SMILES string of the molecule is CC(C)CS(=O)(=O)NC[C@H](c1ccc(N(C)C)cc1)[NH+](C)C. The first-order valence-corrected chi connectivity index (χ1v) is 9.32. The van der Waals surface area contributed by atoms with E-state index in [-0.39, 0.29) is 17.7 Å². The number of hydrogen-bond acceptors (Lipinski definition) is 3. The number of hydrogen-bond donors (Lipinski definition) is 2. The van der Waals surface area contributed by atoms with Crippen molar-refractivity contribution in [2.75, 3.05) is 45.4 Å². The summed E-state index contributed by atoms with van der Waals surface area (Å²) in [7, 11) is 4.88. The second-order valence-electron chi connectivity index (χ2n) is 6.64. The molecule has 0 fully saturated rings. The molecule has 0 radical (unpaired) electrons. The van der Waals surface area contributed by atoms with Crippen molar-refractivity contribution < 1.29 is 13.3 Å². The molecule has 0 heterocycles. The Kier molecular flexibility index (Phi) is 6.84. The normalized spacial score (nSPS) is 13.6. The Morgan fingerprint density at radius 2 is 1.68 bits per heavy atom. The van der Waals surface area contributed by atoms with Gasteiger partial charge in [-0.1, -0.05) is 26.0 Å². The molecule has 0 bridgehead atoms. The van der Waals surface area contributed by atoms with Gasteiger partial charge in [0.15, 0.2) is 0 Å². The van der Waals surface area contributed by atoms with Crippen LogP contribution in [-0.4, -0.2) is 48.9 Å². The Labute approximate surface area is 135 Å². The maximum atomic E-state index is 12.0. The van der Waals surface area contributed by atoms with E-state index in [1.807, 2.05) is 46.9 Å². The molecule has 0 saturated heterocycles. The van der Waals surface area contributed by atoms with Crippen molar-refractivity contribution in [2.24, 2.45) is 5.92 Å². The first-order chi connectivity index (χ1) is 10.1. The number of quaternary nitrogens is 1. The number of benzene rings is 1. The van der Waals surface area contributed by atoms with E-state index in [2.05, 4.69) is 29.0 Å². The Morgan fingerprint density at radius 1 is 1.14 bits per heavy atom. The molecular formula is C16H30N3O2S+. The van der Waals surface area contributed by atoms with Crippen molar-refractivity contribution in [3.63, 3.8) is 0 Å². The minimum Gasteiger partial charge on any atom is -0.378 e. The van der Waals surface area contributed by atoms with Crippen molar-refractivity contribution >= 4 is 15.7 Å². The van der Waals surface area contributed by atoms with E-state index >= 15 is 0 Å². The lowest BCUT2D eigenvalue weighted by atomic mass is 10.1. The Balaban J connectivity index is 2.82. The second-order valence-corrected chi connectivity index (χ2v) is 8.49. The number of nitrogens with one attached hydrogen (secondary N) is 2. The van der Waals surface area contributed by atoms with Gasteiger partial charge in [0.25, 0.3) is 0 Å². The fourth-order valence-electron chi connectivity index (χ4n) is 2.37. The van der Waals surface area contributed by atoms with E-state index in [9.17, 15) is 8.42 Å². The third-order valence-corrected chi connectivity index (χ3v) is 5.28. The average Bonchev–Trinajstić information content (AvgIpc) is 2.37. The van der Waals surface area contributed by atoms with Crippen molar-refractivity contribution in [1.29, 1.82) is 0 Å². The van der Waals surface area contributed by atoms with E-state index in [4.69, 9.17) is 0 Å². The van der Waals surface area contributed by atoms with Crippen molar-refractivity contribution in [1.82, 2.24) is 4.72 Å². The standard InChI is InChI=1S/C16H29N3O2S/c1-13(2)12-22(20,21)17-11-16(19(5)6)14-7-9-15(10-8-14)18(3)4/h7-10,13,16-17H,11-12H2,1-6H3/p+1/t16-/m1/s1. The van der Waals surface area contributed by atoms with Crippen LogP contribution in [0.3, 0.4) is 0 Å². The summed E-state index contributed by atoms with van der Waals surface area (Å²) >= 11 is 0. The van der Waals surface area contributed by atoms with Gasteiger partial charge in [-0.25, -0.2) is 13.1 Å². The molecule has 5 nitrogen and oxygen atoms in total. The van der Waals surface area contributed by atoms with Gasteiger partial charge in [-0.15, -0.1) is 0 Å². The van der Waals surface area contributed by atoms with E-state index in [1.54, 1.807) is 0 Å². The zero-order chi connectivity index (χ0) is 16.9. The predicted octanol–water partition coefficient (Wildman–Crippen LogP) is 0.514. The van der Waals surface area contributed by atoms with Crippen LogP contribution in [0.25, 0.3) is 0 Å². The average molecular weight is 329 g/mol. The fraction of sp³-hybridized carbons (Fsp3) is 0.625.